The molecule has 0 N–H and O–H groups in total. The van der Waals surface area contributed by atoms with E-state index in [0.717, 1.165) is 11.0 Å². The van der Waals surface area contributed by atoms with Crippen LogP contribution in [0.3, 0.4) is 0 Å². The Morgan fingerprint density at radius 2 is 2.20 bits per heavy atom. The van der Waals surface area contributed by atoms with E-state index >= 15 is 0 Å². The van der Waals surface area contributed by atoms with Crippen molar-refractivity contribution in [3.63, 3.8) is 0 Å². The van der Waals surface area contributed by atoms with E-state index in [1.165, 1.54) is 0 Å². The summed E-state index contributed by atoms with van der Waals surface area (Å²) in [6.45, 7) is 6.76. The van der Waals surface area contributed by atoms with Crippen LogP contribution in [0.4, 0.5) is 4.79 Å². The van der Waals surface area contributed by atoms with E-state index in [2.05, 4.69) is 20.9 Å². The van der Waals surface area contributed by atoms with E-state index in [4.69, 9.17) is 9.47 Å². The molecule has 1 atom stereocenters. The molecule has 0 bridgehead atoms. The number of likely N-dealkylation sites (tertiary alicyclic amines) is 1. The number of carbonyl (C=O) groups is 1. The smallest absolute Gasteiger partial charge is 0.410 e. The molecule has 1 fully saturated rings. The van der Waals surface area contributed by atoms with Gasteiger partial charge in [-0.15, -0.1) is 0 Å². The first-order valence-electron chi connectivity index (χ1n) is 6.60. The molecule has 0 aromatic carbocycles. The van der Waals surface area contributed by atoms with Crippen molar-refractivity contribution in [2.24, 2.45) is 0 Å². The molecule has 20 heavy (non-hydrogen) atoms. The van der Waals surface area contributed by atoms with Crippen molar-refractivity contribution in [1.29, 1.82) is 0 Å². The molecule has 5 nitrogen and oxygen atoms in total. The topological polar surface area (TPSA) is 51.7 Å². The van der Waals surface area contributed by atoms with Crippen LogP contribution < -0.4 is 4.74 Å². The maximum Gasteiger partial charge on any atom is 0.410 e. The second-order valence-electron chi connectivity index (χ2n) is 5.75. The lowest BCUT2D eigenvalue weighted by Gasteiger charge is -2.24. The number of carbonyl (C=O) groups excluding carboxylic acids is 1. The van der Waals surface area contributed by atoms with Crippen molar-refractivity contribution in [3.05, 3.63) is 22.8 Å². The van der Waals surface area contributed by atoms with Gasteiger partial charge in [-0.1, -0.05) is 6.07 Å². The summed E-state index contributed by atoms with van der Waals surface area (Å²) in [5.41, 5.74) is -0.470. The van der Waals surface area contributed by atoms with Crippen LogP contribution in [0.25, 0.3) is 0 Å². The van der Waals surface area contributed by atoms with Gasteiger partial charge in [0.1, 0.15) is 16.3 Å². The first-order valence-corrected chi connectivity index (χ1v) is 7.40. The fourth-order valence-electron chi connectivity index (χ4n) is 1.94. The summed E-state index contributed by atoms with van der Waals surface area (Å²) in [4.78, 5) is 17.8. The van der Waals surface area contributed by atoms with E-state index in [-0.39, 0.29) is 12.2 Å². The van der Waals surface area contributed by atoms with Gasteiger partial charge in [0.05, 0.1) is 6.54 Å². The standard InChI is InChI=1S/C14H19BrN2O3/c1-14(2,3)20-13(18)17-8-7-10(9-17)19-12-6-4-5-11(15)16-12/h4-6,10H,7-9H2,1-3H3. The number of rotatable bonds is 2. The lowest BCUT2D eigenvalue weighted by Crippen LogP contribution is -2.36. The summed E-state index contributed by atoms with van der Waals surface area (Å²) < 4.78 is 11.9. The summed E-state index contributed by atoms with van der Waals surface area (Å²) in [6.07, 6.45) is 0.461. The van der Waals surface area contributed by atoms with Crippen LogP contribution in [0, 0.1) is 0 Å². The van der Waals surface area contributed by atoms with Gasteiger partial charge in [-0.05, 0) is 42.8 Å². The van der Waals surface area contributed by atoms with Crippen molar-refractivity contribution < 1.29 is 14.3 Å². The predicted octanol–water partition coefficient (Wildman–Crippen LogP) is 3.23. The Balaban J connectivity index is 1.88. The van der Waals surface area contributed by atoms with E-state index in [1.54, 1.807) is 11.0 Å². The third-order valence-corrected chi connectivity index (χ3v) is 3.22. The van der Waals surface area contributed by atoms with Gasteiger partial charge in [-0.3, -0.25) is 0 Å². The predicted molar refractivity (Wildman–Crippen MR) is 78.8 cm³/mol. The van der Waals surface area contributed by atoms with E-state index in [9.17, 15) is 4.79 Å². The fourth-order valence-corrected chi connectivity index (χ4v) is 2.27. The van der Waals surface area contributed by atoms with Crippen LogP contribution in [0.2, 0.25) is 0 Å². The third-order valence-electron chi connectivity index (χ3n) is 2.77. The molecule has 1 amide bonds. The molecule has 0 radical (unpaired) electrons. The highest BCUT2D eigenvalue weighted by atomic mass is 79.9. The van der Waals surface area contributed by atoms with Gasteiger partial charge in [0.2, 0.25) is 5.88 Å². The Bertz CT molecular complexity index is 488. The number of ether oxygens (including phenoxy) is 2. The molecule has 0 spiro atoms. The molecule has 1 unspecified atom stereocenters. The zero-order valence-corrected chi connectivity index (χ0v) is 13.5. The van der Waals surface area contributed by atoms with Crippen LogP contribution >= 0.6 is 15.9 Å². The number of nitrogens with zero attached hydrogens (tertiary/aromatic N) is 2. The maximum atomic E-state index is 11.9. The Morgan fingerprint density at radius 1 is 1.45 bits per heavy atom. The number of hydrogen-bond donors (Lipinski definition) is 0. The fraction of sp³-hybridized carbons (Fsp3) is 0.571. The van der Waals surface area contributed by atoms with Crippen LogP contribution in [-0.4, -0.2) is 40.8 Å². The highest BCUT2D eigenvalue weighted by Crippen LogP contribution is 2.20. The van der Waals surface area contributed by atoms with Gasteiger partial charge in [0.15, 0.2) is 0 Å². The Hall–Kier alpha value is -1.30. The zero-order valence-electron chi connectivity index (χ0n) is 11.9. The van der Waals surface area contributed by atoms with Gasteiger partial charge in [-0.25, -0.2) is 9.78 Å². The van der Waals surface area contributed by atoms with E-state index in [1.807, 2.05) is 32.9 Å². The second kappa shape index (κ2) is 5.99. The molecule has 1 aliphatic heterocycles. The molecule has 1 saturated heterocycles. The third kappa shape index (κ3) is 4.37. The van der Waals surface area contributed by atoms with Crippen molar-refractivity contribution in [1.82, 2.24) is 9.88 Å². The summed E-state index contributed by atoms with van der Waals surface area (Å²) in [5, 5.41) is 0. The molecule has 6 heteroatoms. The second-order valence-corrected chi connectivity index (χ2v) is 6.57. The molecule has 2 rings (SSSR count). The van der Waals surface area contributed by atoms with Gasteiger partial charge in [-0.2, -0.15) is 0 Å². The molecule has 110 valence electrons. The molecular weight excluding hydrogens is 324 g/mol. The quantitative estimate of drug-likeness (QED) is 0.774. The van der Waals surface area contributed by atoms with Gasteiger partial charge in [0, 0.05) is 19.0 Å². The van der Waals surface area contributed by atoms with Crippen LogP contribution in [0.15, 0.2) is 22.8 Å². The lowest BCUT2D eigenvalue weighted by molar-refractivity contribution is 0.0275. The Labute approximate surface area is 127 Å². The molecular formula is C14H19BrN2O3. The SMILES string of the molecule is CC(C)(C)OC(=O)N1CCC(Oc2cccc(Br)n2)C1. The minimum atomic E-state index is -0.470. The van der Waals surface area contributed by atoms with Crippen LogP contribution in [0.1, 0.15) is 27.2 Å². The molecule has 2 heterocycles. The monoisotopic (exact) mass is 342 g/mol. The molecule has 1 aromatic rings. The minimum Gasteiger partial charge on any atom is -0.472 e. The number of hydrogen-bond acceptors (Lipinski definition) is 4. The largest absolute Gasteiger partial charge is 0.472 e. The molecule has 1 aromatic heterocycles. The average Bonchev–Trinajstić information content (AvgIpc) is 2.75. The average molecular weight is 343 g/mol. The number of aromatic nitrogens is 1. The highest BCUT2D eigenvalue weighted by Gasteiger charge is 2.31. The highest BCUT2D eigenvalue weighted by molar-refractivity contribution is 9.10. The first-order chi connectivity index (χ1) is 9.33. The van der Waals surface area contributed by atoms with Crippen molar-refractivity contribution >= 4 is 22.0 Å². The van der Waals surface area contributed by atoms with E-state index in [0.29, 0.717) is 19.0 Å². The lowest BCUT2D eigenvalue weighted by atomic mass is 10.2. The summed E-state index contributed by atoms with van der Waals surface area (Å²) in [6, 6.07) is 5.52. The van der Waals surface area contributed by atoms with Crippen molar-refractivity contribution in [2.45, 2.75) is 38.9 Å². The molecule has 0 aliphatic carbocycles. The summed E-state index contributed by atoms with van der Waals surface area (Å²) in [5.74, 6) is 0.565. The summed E-state index contributed by atoms with van der Waals surface area (Å²) >= 11 is 3.30. The Kier molecular flexibility index (Phi) is 4.52. The van der Waals surface area contributed by atoms with Gasteiger partial charge < -0.3 is 14.4 Å². The number of halogens is 1. The van der Waals surface area contributed by atoms with Crippen LogP contribution in [-0.2, 0) is 4.74 Å². The Morgan fingerprint density at radius 3 is 2.85 bits per heavy atom. The van der Waals surface area contributed by atoms with Crippen molar-refractivity contribution in [2.75, 3.05) is 13.1 Å². The minimum absolute atomic E-state index is 0.0377. The summed E-state index contributed by atoms with van der Waals surface area (Å²) in [7, 11) is 0. The maximum absolute atomic E-state index is 11.9. The van der Waals surface area contributed by atoms with Crippen LogP contribution in [0.5, 0.6) is 5.88 Å². The van der Waals surface area contributed by atoms with E-state index < -0.39 is 5.60 Å². The number of pyridine rings is 1. The molecule has 0 saturated carbocycles. The number of amides is 1. The molecule has 1 aliphatic rings. The zero-order chi connectivity index (χ0) is 14.8. The first kappa shape index (κ1) is 15.1. The van der Waals surface area contributed by atoms with Gasteiger partial charge in [0.25, 0.3) is 0 Å². The van der Waals surface area contributed by atoms with Gasteiger partial charge >= 0.3 is 6.09 Å². The van der Waals surface area contributed by atoms with Crippen molar-refractivity contribution in [3.8, 4) is 5.88 Å². The normalized spacial score (nSPS) is 19.0.